The molecule has 0 radical (unpaired) electrons. The van der Waals surface area contributed by atoms with Crippen molar-refractivity contribution in [3.05, 3.63) is 54.1 Å². The SMILES string of the molecule is CCN(CC)c1ccc(N(c2ccccc2C)S(N)(=O)=O)cc1. The number of aryl methyl sites for hydroxylation is 1. The average molecular weight is 333 g/mol. The third kappa shape index (κ3) is 3.83. The molecule has 0 aliphatic carbocycles. The third-order valence-corrected chi connectivity index (χ3v) is 4.72. The zero-order chi connectivity index (χ0) is 17.0. The van der Waals surface area contributed by atoms with Gasteiger partial charge in [0.05, 0.1) is 11.4 Å². The van der Waals surface area contributed by atoms with Gasteiger partial charge in [-0.3, -0.25) is 0 Å². The Morgan fingerprint density at radius 2 is 1.43 bits per heavy atom. The number of rotatable bonds is 6. The lowest BCUT2D eigenvalue weighted by Gasteiger charge is -2.25. The molecule has 2 rings (SSSR count). The van der Waals surface area contributed by atoms with Crippen LogP contribution in [-0.2, 0) is 10.2 Å². The van der Waals surface area contributed by atoms with Gasteiger partial charge in [-0.2, -0.15) is 8.42 Å². The summed E-state index contributed by atoms with van der Waals surface area (Å²) < 4.78 is 25.4. The van der Waals surface area contributed by atoms with Crippen LogP contribution >= 0.6 is 0 Å². The third-order valence-electron chi connectivity index (χ3n) is 3.80. The van der Waals surface area contributed by atoms with Crippen molar-refractivity contribution in [2.75, 3.05) is 22.3 Å². The van der Waals surface area contributed by atoms with Crippen LogP contribution in [0.3, 0.4) is 0 Å². The van der Waals surface area contributed by atoms with E-state index in [-0.39, 0.29) is 0 Å². The lowest BCUT2D eigenvalue weighted by molar-refractivity contribution is 0.598. The minimum Gasteiger partial charge on any atom is -0.372 e. The number of nitrogens with two attached hydrogens (primary N) is 1. The molecule has 0 aliphatic heterocycles. The van der Waals surface area contributed by atoms with Crippen molar-refractivity contribution >= 4 is 27.3 Å². The van der Waals surface area contributed by atoms with Gasteiger partial charge in [0.2, 0.25) is 0 Å². The van der Waals surface area contributed by atoms with Gasteiger partial charge in [0, 0.05) is 18.8 Å². The van der Waals surface area contributed by atoms with Crippen LogP contribution in [0, 0.1) is 6.92 Å². The molecule has 0 aromatic heterocycles. The van der Waals surface area contributed by atoms with Gasteiger partial charge < -0.3 is 4.90 Å². The summed E-state index contributed by atoms with van der Waals surface area (Å²) in [5.74, 6) is 0. The first-order chi connectivity index (χ1) is 10.9. The Hall–Kier alpha value is -2.05. The Morgan fingerprint density at radius 3 is 1.91 bits per heavy atom. The Kier molecular flexibility index (Phi) is 5.28. The number of para-hydroxylation sites is 1. The minimum absolute atomic E-state index is 0.526. The quantitative estimate of drug-likeness (QED) is 0.883. The van der Waals surface area contributed by atoms with E-state index in [1.165, 1.54) is 4.31 Å². The molecule has 0 aliphatic rings. The number of hydrogen-bond donors (Lipinski definition) is 1. The number of nitrogens with zero attached hydrogens (tertiary/aromatic N) is 2. The van der Waals surface area contributed by atoms with Gasteiger partial charge in [0.1, 0.15) is 0 Å². The number of hydrogen-bond acceptors (Lipinski definition) is 3. The normalized spacial score (nSPS) is 11.3. The number of benzene rings is 2. The Bertz CT molecular complexity index is 754. The molecule has 0 bridgehead atoms. The summed E-state index contributed by atoms with van der Waals surface area (Å²) in [5, 5.41) is 5.45. The van der Waals surface area contributed by atoms with Crippen LogP contribution in [0.15, 0.2) is 48.5 Å². The summed E-state index contributed by atoms with van der Waals surface area (Å²) in [6.07, 6.45) is 0. The molecule has 0 amide bonds. The predicted molar refractivity (Wildman–Crippen MR) is 96.4 cm³/mol. The molecule has 2 N–H and O–H groups in total. The summed E-state index contributed by atoms with van der Waals surface area (Å²) in [5.41, 5.74) is 2.98. The van der Waals surface area contributed by atoms with E-state index in [0.717, 1.165) is 24.3 Å². The first-order valence-corrected chi connectivity index (χ1v) is 9.12. The summed E-state index contributed by atoms with van der Waals surface area (Å²) in [4.78, 5) is 2.19. The van der Waals surface area contributed by atoms with Gasteiger partial charge in [-0.05, 0) is 56.7 Å². The highest BCUT2D eigenvalue weighted by molar-refractivity contribution is 7.90. The first-order valence-electron chi connectivity index (χ1n) is 7.62. The summed E-state index contributed by atoms with van der Waals surface area (Å²) in [7, 11) is -3.92. The van der Waals surface area contributed by atoms with E-state index in [1.807, 2.05) is 31.2 Å². The van der Waals surface area contributed by atoms with Crippen molar-refractivity contribution in [3.63, 3.8) is 0 Å². The van der Waals surface area contributed by atoms with E-state index in [1.54, 1.807) is 24.3 Å². The van der Waals surface area contributed by atoms with Crippen LogP contribution in [0.5, 0.6) is 0 Å². The van der Waals surface area contributed by atoms with E-state index >= 15 is 0 Å². The van der Waals surface area contributed by atoms with Gasteiger partial charge in [-0.1, -0.05) is 18.2 Å². The Labute approximate surface area is 138 Å². The maximum atomic E-state index is 12.1. The van der Waals surface area contributed by atoms with Crippen molar-refractivity contribution in [3.8, 4) is 0 Å². The molecule has 124 valence electrons. The lowest BCUT2D eigenvalue weighted by atomic mass is 10.2. The molecule has 2 aromatic rings. The van der Waals surface area contributed by atoms with Crippen LogP contribution in [-0.4, -0.2) is 21.5 Å². The fraction of sp³-hybridized carbons (Fsp3) is 0.294. The maximum absolute atomic E-state index is 12.1. The van der Waals surface area contributed by atoms with E-state index in [2.05, 4.69) is 18.7 Å². The minimum atomic E-state index is -3.92. The van der Waals surface area contributed by atoms with Crippen molar-refractivity contribution in [1.29, 1.82) is 0 Å². The Morgan fingerprint density at radius 1 is 0.913 bits per heavy atom. The second-order valence-electron chi connectivity index (χ2n) is 5.28. The fourth-order valence-corrected chi connectivity index (χ4v) is 3.50. The van der Waals surface area contributed by atoms with E-state index in [9.17, 15) is 8.42 Å². The molecule has 0 unspecified atom stereocenters. The van der Waals surface area contributed by atoms with E-state index < -0.39 is 10.2 Å². The molecule has 2 aromatic carbocycles. The van der Waals surface area contributed by atoms with E-state index in [0.29, 0.717) is 11.4 Å². The summed E-state index contributed by atoms with van der Waals surface area (Å²) in [6, 6.07) is 14.7. The maximum Gasteiger partial charge on any atom is 0.303 e. The molecule has 0 saturated carbocycles. The van der Waals surface area contributed by atoms with Gasteiger partial charge >= 0.3 is 10.2 Å². The molecule has 6 heteroatoms. The Balaban J connectivity index is 2.48. The van der Waals surface area contributed by atoms with Crippen molar-refractivity contribution < 1.29 is 8.42 Å². The van der Waals surface area contributed by atoms with Crippen molar-refractivity contribution in [2.45, 2.75) is 20.8 Å². The van der Waals surface area contributed by atoms with Gasteiger partial charge in [0.25, 0.3) is 0 Å². The predicted octanol–water partition coefficient (Wildman–Crippen LogP) is 3.18. The molecule has 0 saturated heterocycles. The lowest BCUT2D eigenvalue weighted by Crippen LogP contribution is -2.33. The highest BCUT2D eigenvalue weighted by atomic mass is 32.2. The van der Waals surface area contributed by atoms with Crippen LogP contribution in [0.25, 0.3) is 0 Å². The molecule has 23 heavy (non-hydrogen) atoms. The largest absolute Gasteiger partial charge is 0.372 e. The summed E-state index contributed by atoms with van der Waals surface area (Å²) >= 11 is 0. The zero-order valence-electron chi connectivity index (χ0n) is 13.7. The number of anilines is 3. The standard InChI is InChI=1S/C17H23N3O2S/c1-4-19(5-2)15-10-12-16(13-11-15)20(23(18,21)22)17-9-7-6-8-14(17)3/h6-13H,4-5H2,1-3H3,(H2,18,21,22). The van der Waals surface area contributed by atoms with Gasteiger partial charge in [0.15, 0.2) is 0 Å². The topological polar surface area (TPSA) is 66.6 Å². The second-order valence-corrected chi connectivity index (χ2v) is 6.68. The van der Waals surface area contributed by atoms with Crippen LogP contribution in [0.2, 0.25) is 0 Å². The van der Waals surface area contributed by atoms with Crippen molar-refractivity contribution in [2.24, 2.45) is 5.14 Å². The van der Waals surface area contributed by atoms with Crippen molar-refractivity contribution in [1.82, 2.24) is 0 Å². The highest BCUT2D eigenvalue weighted by Gasteiger charge is 2.21. The second kappa shape index (κ2) is 7.02. The monoisotopic (exact) mass is 333 g/mol. The highest BCUT2D eigenvalue weighted by Crippen LogP contribution is 2.31. The molecule has 0 heterocycles. The first kappa shape index (κ1) is 17.3. The summed E-state index contributed by atoms with van der Waals surface area (Å²) in [6.45, 7) is 7.82. The van der Waals surface area contributed by atoms with Crippen LogP contribution < -0.4 is 14.3 Å². The van der Waals surface area contributed by atoms with Gasteiger partial charge in [-0.25, -0.2) is 9.44 Å². The fourth-order valence-electron chi connectivity index (χ4n) is 2.60. The van der Waals surface area contributed by atoms with Crippen LogP contribution in [0.1, 0.15) is 19.4 Å². The molecule has 5 nitrogen and oxygen atoms in total. The molecular weight excluding hydrogens is 310 g/mol. The van der Waals surface area contributed by atoms with E-state index in [4.69, 9.17) is 5.14 Å². The molecule has 0 spiro atoms. The molecular formula is C17H23N3O2S. The van der Waals surface area contributed by atoms with Crippen LogP contribution in [0.4, 0.5) is 17.1 Å². The zero-order valence-corrected chi connectivity index (χ0v) is 14.5. The molecule has 0 atom stereocenters. The smallest absolute Gasteiger partial charge is 0.303 e. The van der Waals surface area contributed by atoms with Gasteiger partial charge in [-0.15, -0.1) is 0 Å². The molecule has 0 fully saturated rings. The average Bonchev–Trinajstić information content (AvgIpc) is 2.51.